The molecule has 0 aromatic carbocycles. The molecule has 0 unspecified atom stereocenters. The molecule has 1 aromatic heterocycles. The molecule has 1 aromatic rings. The van der Waals surface area contributed by atoms with E-state index < -0.39 is 0 Å². The number of halogens is 1. The Morgan fingerprint density at radius 1 is 1.08 bits per heavy atom. The van der Waals surface area contributed by atoms with Crippen LogP contribution in [0.4, 0.5) is 5.82 Å². The van der Waals surface area contributed by atoms with Crippen LogP contribution in [-0.4, -0.2) is 23.3 Å². The van der Waals surface area contributed by atoms with E-state index in [0.29, 0.717) is 0 Å². The zero-order valence-corrected chi connectivity index (χ0v) is 9.00. The second-order valence-electron chi connectivity index (χ2n) is 3.26. The van der Waals surface area contributed by atoms with Crippen molar-refractivity contribution in [1.82, 2.24) is 10.2 Å². The van der Waals surface area contributed by atoms with Crippen LogP contribution in [0.1, 0.15) is 19.3 Å². The SMILES string of the molecule is Brc1ccc(N2CCCCC2)nn1. The van der Waals surface area contributed by atoms with Crippen molar-refractivity contribution in [3.8, 4) is 0 Å². The van der Waals surface area contributed by atoms with Crippen LogP contribution in [0.15, 0.2) is 16.7 Å². The van der Waals surface area contributed by atoms with Gasteiger partial charge in [0.2, 0.25) is 0 Å². The Morgan fingerprint density at radius 2 is 1.85 bits per heavy atom. The number of aromatic nitrogens is 2. The first-order chi connectivity index (χ1) is 6.36. The Kier molecular flexibility index (Phi) is 2.78. The van der Waals surface area contributed by atoms with E-state index >= 15 is 0 Å². The van der Waals surface area contributed by atoms with E-state index in [0.717, 1.165) is 23.5 Å². The zero-order valence-electron chi connectivity index (χ0n) is 7.41. The van der Waals surface area contributed by atoms with Gasteiger partial charge in [0.05, 0.1) is 0 Å². The van der Waals surface area contributed by atoms with Crippen LogP contribution < -0.4 is 4.90 Å². The van der Waals surface area contributed by atoms with Crippen LogP contribution in [0.2, 0.25) is 0 Å². The molecule has 3 nitrogen and oxygen atoms in total. The molecule has 0 amide bonds. The average molecular weight is 242 g/mol. The highest BCUT2D eigenvalue weighted by Crippen LogP contribution is 2.17. The lowest BCUT2D eigenvalue weighted by Crippen LogP contribution is -2.30. The van der Waals surface area contributed by atoms with E-state index in [4.69, 9.17) is 0 Å². The van der Waals surface area contributed by atoms with Crippen LogP contribution in [0.25, 0.3) is 0 Å². The van der Waals surface area contributed by atoms with E-state index in [9.17, 15) is 0 Å². The number of anilines is 1. The Morgan fingerprint density at radius 3 is 2.46 bits per heavy atom. The lowest BCUT2D eigenvalue weighted by Gasteiger charge is -2.26. The summed E-state index contributed by atoms with van der Waals surface area (Å²) in [6, 6.07) is 3.96. The van der Waals surface area contributed by atoms with Gasteiger partial charge < -0.3 is 4.90 Å². The number of piperidine rings is 1. The standard InChI is InChI=1S/C9H12BrN3/c10-8-4-5-9(12-11-8)13-6-2-1-3-7-13/h4-5H,1-3,6-7H2. The fourth-order valence-electron chi connectivity index (χ4n) is 1.60. The number of hydrogen-bond acceptors (Lipinski definition) is 3. The lowest BCUT2D eigenvalue weighted by molar-refractivity contribution is 0.571. The molecule has 0 aliphatic carbocycles. The maximum absolute atomic E-state index is 4.13. The molecule has 2 rings (SSSR count). The minimum absolute atomic E-state index is 0.799. The Labute approximate surface area is 86.3 Å². The Hall–Kier alpha value is -0.640. The molecule has 0 radical (unpaired) electrons. The highest BCUT2D eigenvalue weighted by Gasteiger charge is 2.11. The van der Waals surface area contributed by atoms with Crippen molar-refractivity contribution in [3.05, 3.63) is 16.7 Å². The molecule has 13 heavy (non-hydrogen) atoms. The molecule has 70 valence electrons. The number of rotatable bonds is 1. The van der Waals surface area contributed by atoms with Crippen molar-refractivity contribution in [1.29, 1.82) is 0 Å². The van der Waals surface area contributed by atoms with Gasteiger partial charge in [-0.05, 0) is 47.3 Å². The van der Waals surface area contributed by atoms with Gasteiger partial charge in [-0.3, -0.25) is 0 Å². The molecule has 1 fully saturated rings. The Bertz CT molecular complexity index is 267. The molecule has 1 aliphatic rings. The zero-order chi connectivity index (χ0) is 9.10. The van der Waals surface area contributed by atoms with Crippen LogP contribution >= 0.6 is 15.9 Å². The summed E-state index contributed by atoms with van der Waals surface area (Å²) in [5.74, 6) is 1.00. The van der Waals surface area contributed by atoms with E-state index in [1.807, 2.05) is 12.1 Å². The first kappa shape index (κ1) is 8.94. The van der Waals surface area contributed by atoms with Gasteiger partial charge in [-0.2, -0.15) is 0 Å². The summed E-state index contributed by atoms with van der Waals surface area (Å²) in [4.78, 5) is 2.29. The van der Waals surface area contributed by atoms with E-state index in [1.165, 1.54) is 19.3 Å². The second-order valence-corrected chi connectivity index (χ2v) is 4.07. The van der Waals surface area contributed by atoms with Crippen molar-refractivity contribution >= 4 is 21.7 Å². The van der Waals surface area contributed by atoms with Crippen molar-refractivity contribution in [2.24, 2.45) is 0 Å². The topological polar surface area (TPSA) is 29.0 Å². The average Bonchev–Trinajstić information content (AvgIpc) is 2.20. The van der Waals surface area contributed by atoms with Crippen molar-refractivity contribution in [2.75, 3.05) is 18.0 Å². The fraction of sp³-hybridized carbons (Fsp3) is 0.556. The van der Waals surface area contributed by atoms with Crippen LogP contribution in [0.3, 0.4) is 0 Å². The molecule has 0 spiro atoms. The summed E-state index contributed by atoms with van der Waals surface area (Å²) < 4.78 is 0.799. The summed E-state index contributed by atoms with van der Waals surface area (Å²) in [5, 5.41) is 8.11. The summed E-state index contributed by atoms with van der Waals surface area (Å²) in [6.07, 6.45) is 3.90. The van der Waals surface area contributed by atoms with Gasteiger partial charge in [0.1, 0.15) is 4.60 Å². The smallest absolute Gasteiger partial charge is 0.151 e. The highest BCUT2D eigenvalue weighted by atomic mass is 79.9. The van der Waals surface area contributed by atoms with Gasteiger partial charge in [-0.15, -0.1) is 10.2 Å². The van der Waals surface area contributed by atoms with Gasteiger partial charge in [0.25, 0.3) is 0 Å². The maximum Gasteiger partial charge on any atom is 0.151 e. The number of nitrogens with zero attached hydrogens (tertiary/aromatic N) is 3. The fourth-order valence-corrected chi connectivity index (χ4v) is 1.81. The summed E-state index contributed by atoms with van der Waals surface area (Å²) in [5.41, 5.74) is 0. The predicted molar refractivity (Wildman–Crippen MR) is 55.8 cm³/mol. The molecular formula is C9H12BrN3. The molecule has 4 heteroatoms. The predicted octanol–water partition coefficient (Wildman–Crippen LogP) is 2.23. The van der Waals surface area contributed by atoms with Crippen LogP contribution in [0, 0.1) is 0 Å². The largest absolute Gasteiger partial charge is 0.355 e. The first-order valence-corrected chi connectivity index (χ1v) is 5.40. The van der Waals surface area contributed by atoms with E-state index in [1.54, 1.807) is 0 Å². The molecular weight excluding hydrogens is 230 g/mol. The van der Waals surface area contributed by atoms with Gasteiger partial charge >= 0.3 is 0 Å². The van der Waals surface area contributed by atoms with Gasteiger partial charge in [0, 0.05) is 13.1 Å². The summed E-state index contributed by atoms with van der Waals surface area (Å²) in [7, 11) is 0. The number of hydrogen-bond donors (Lipinski definition) is 0. The van der Waals surface area contributed by atoms with Crippen molar-refractivity contribution < 1.29 is 0 Å². The maximum atomic E-state index is 4.13. The highest BCUT2D eigenvalue weighted by molar-refractivity contribution is 9.10. The van der Waals surface area contributed by atoms with Gasteiger partial charge in [-0.1, -0.05) is 0 Å². The lowest BCUT2D eigenvalue weighted by atomic mass is 10.1. The summed E-state index contributed by atoms with van der Waals surface area (Å²) in [6.45, 7) is 2.24. The minimum Gasteiger partial charge on any atom is -0.355 e. The molecule has 0 N–H and O–H groups in total. The van der Waals surface area contributed by atoms with Crippen molar-refractivity contribution in [2.45, 2.75) is 19.3 Å². The molecule has 1 aliphatic heterocycles. The van der Waals surface area contributed by atoms with E-state index in [2.05, 4.69) is 31.0 Å². The molecule has 0 atom stereocenters. The third-order valence-corrected chi connectivity index (χ3v) is 2.72. The second kappa shape index (κ2) is 4.05. The Balaban J connectivity index is 2.10. The monoisotopic (exact) mass is 241 g/mol. The third kappa shape index (κ3) is 2.18. The van der Waals surface area contributed by atoms with Crippen LogP contribution in [-0.2, 0) is 0 Å². The molecule has 1 saturated heterocycles. The summed E-state index contributed by atoms with van der Waals surface area (Å²) >= 11 is 3.28. The van der Waals surface area contributed by atoms with Crippen LogP contribution in [0.5, 0.6) is 0 Å². The van der Waals surface area contributed by atoms with Gasteiger partial charge in [-0.25, -0.2) is 0 Å². The normalized spacial score (nSPS) is 17.5. The van der Waals surface area contributed by atoms with E-state index in [-0.39, 0.29) is 0 Å². The first-order valence-electron chi connectivity index (χ1n) is 4.60. The quantitative estimate of drug-likeness (QED) is 0.756. The van der Waals surface area contributed by atoms with Crippen molar-refractivity contribution in [3.63, 3.8) is 0 Å². The van der Waals surface area contributed by atoms with Gasteiger partial charge in [0.15, 0.2) is 5.82 Å². The molecule has 0 bridgehead atoms. The minimum atomic E-state index is 0.799. The molecule has 0 saturated carbocycles. The molecule has 2 heterocycles. The third-order valence-electron chi connectivity index (χ3n) is 2.30.